The largest absolute Gasteiger partial charge is 0.479 e. The fourth-order valence-electron chi connectivity index (χ4n) is 2.71. The third kappa shape index (κ3) is 17.4. The smallest absolute Gasteiger partial charge is 0.332 e. The van der Waals surface area contributed by atoms with Gasteiger partial charge in [0.1, 0.15) is 0 Å². The molecule has 0 heterocycles. The van der Waals surface area contributed by atoms with Crippen LogP contribution in [0.4, 0.5) is 0 Å². The van der Waals surface area contributed by atoms with Crippen LogP contribution < -0.4 is 0 Å². The van der Waals surface area contributed by atoms with Crippen LogP contribution in [0.1, 0.15) is 103 Å². The molecule has 0 fully saturated rings. The Labute approximate surface area is 143 Å². The molecule has 0 spiro atoms. The minimum absolute atomic E-state index is 0.385. The minimum atomic E-state index is -1.17. The van der Waals surface area contributed by atoms with Crippen LogP contribution in [0.3, 0.4) is 0 Å². The van der Waals surface area contributed by atoms with Crippen LogP contribution in [-0.4, -0.2) is 22.3 Å². The second-order valence-corrected chi connectivity index (χ2v) is 6.58. The maximum atomic E-state index is 10.4. The molecule has 0 saturated heterocycles. The summed E-state index contributed by atoms with van der Waals surface area (Å²) in [6, 6.07) is 0. The Bertz CT molecular complexity index is 287. The number of allylic oxidation sites excluding steroid dienone is 2. The van der Waals surface area contributed by atoms with Gasteiger partial charge in [0.05, 0.1) is 0 Å². The van der Waals surface area contributed by atoms with Gasteiger partial charge in [-0.25, -0.2) is 4.79 Å². The molecule has 0 rings (SSSR count). The zero-order valence-corrected chi connectivity index (χ0v) is 15.1. The van der Waals surface area contributed by atoms with Gasteiger partial charge >= 0.3 is 5.97 Å². The van der Waals surface area contributed by atoms with Gasteiger partial charge in [0.15, 0.2) is 6.10 Å². The zero-order chi connectivity index (χ0) is 17.2. The molecule has 1 atom stereocenters. The molecule has 136 valence electrons. The average Bonchev–Trinajstić information content (AvgIpc) is 2.54. The number of aliphatic hydroxyl groups is 1. The fourth-order valence-corrected chi connectivity index (χ4v) is 2.71. The van der Waals surface area contributed by atoms with E-state index in [0.717, 1.165) is 19.3 Å². The molecule has 0 aliphatic rings. The Morgan fingerprint density at radius 3 is 1.70 bits per heavy atom. The third-order valence-corrected chi connectivity index (χ3v) is 4.27. The average molecular weight is 327 g/mol. The molecule has 23 heavy (non-hydrogen) atoms. The Morgan fingerprint density at radius 2 is 1.22 bits per heavy atom. The predicted molar refractivity (Wildman–Crippen MR) is 97.7 cm³/mol. The summed E-state index contributed by atoms with van der Waals surface area (Å²) in [7, 11) is 0. The molecule has 2 N–H and O–H groups in total. The predicted octanol–water partition coefficient (Wildman–Crippen LogP) is 5.86. The van der Waals surface area contributed by atoms with Crippen molar-refractivity contribution in [3.63, 3.8) is 0 Å². The lowest BCUT2D eigenvalue weighted by Gasteiger charge is -2.04. The maximum absolute atomic E-state index is 10.4. The van der Waals surface area contributed by atoms with Crippen molar-refractivity contribution in [1.29, 1.82) is 0 Å². The number of aliphatic carboxylic acids is 1. The fraction of sp³-hybridized carbons (Fsp3) is 0.850. The van der Waals surface area contributed by atoms with Crippen LogP contribution in [-0.2, 0) is 4.79 Å². The van der Waals surface area contributed by atoms with E-state index in [-0.39, 0.29) is 0 Å². The highest BCUT2D eigenvalue weighted by Crippen LogP contribution is 2.11. The highest BCUT2D eigenvalue weighted by Gasteiger charge is 2.11. The van der Waals surface area contributed by atoms with Gasteiger partial charge in [0.25, 0.3) is 0 Å². The van der Waals surface area contributed by atoms with Crippen molar-refractivity contribution in [2.45, 2.75) is 109 Å². The van der Waals surface area contributed by atoms with Crippen LogP contribution >= 0.6 is 0 Å². The number of hydrogen-bond donors (Lipinski definition) is 2. The number of hydrogen-bond acceptors (Lipinski definition) is 2. The summed E-state index contributed by atoms with van der Waals surface area (Å²) >= 11 is 0. The standard InChI is InChI=1S/C20H38O3/c1-2-3-4-5-6-7-8-9-10-11-12-13-14-15-16-17-18-19(21)20(22)23/h9-10,19,21H,2-8,11-18H2,1H3,(H,22,23)/b10-9+. The summed E-state index contributed by atoms with van der Waals surface area (Å²) in [5.74, 6) is -1.10. The monoisotopic (exact) mass is 326 g/mol. The van der Waals surface area contributed by atoms with Crippen LogP contribution in [0.25, 0.3) is 0 Å². The molecule has 0 aromatic heterocycles. The second-order valence-electron chi connectivity index (χ2n) is 6.58. The molecule has 3 nitrogen and oxygen atoms in total. The van der Waals surface area contributed by atoms with Crippen LogP contribution in [0.5, 0.6) is 0 Å². The topological polar surface area (TPSA) is 57.5 Å². The van der Waals surface area contributed by atoms with Crippen molar-refractivity contribution in [1.82, 2.24) is 0 Å². The SMILES string of the molecule is CCCCCCCC/C=C/CCCCCCCCC(O)C(=O)O. The molecule has 0 saturated carbocycles. The number of rotatable bonds is 17. The first-order chi connectivity index (χ1) is 11.2. The quantitative estimate of drug-likeness (QED) is 0.260. The highest BCUT2D eigenvalue weighted by molar-refractivity contribution is 5.71. The molecule has 0 bridgehead atoms. The van der Waals surface area contributed by atoms with Gasteiger partial charge in [-0.15, -0.1) is 0 Å². The van der Waals surface area contributed by atoms with Gasteiger partial charge in [-0.3, -0.25) is 0 Å². The number of unbranched alkanes of at least 4 members (excludes halogenated alkanes) is 12. The molecule has 0 amide bonds. The van der Waals surface area contributed by atoms with E-state index in [1.807, 2.05) is 0 Å². The first-order valence-corrected chi connectivity index (χ1v) is 9.74. The second kappa shape index (κ2) is 17.5. The van der Waals surface area contributed by atoms with Crippen LogP contribution in [0.15, 0.2) is 12.2 Å². The molecular formula is C20H38O3. The molecule has 3 heteroatoms. The van der Waals surface area contributed by atoms with Crippen molar-refractivity contribution < 1.29 is 15.0 Å². The van der Waals surface area contributed by atoms with E-state index in [1.165, 1.54) is 70.6 Å². The summed E-state index contributed by atoms with van der Waals surface area (Å²) in [5, 5.41) is 17.7. The Balaban J connectivity index is 3.15. The summed E-state index contributed by atoms with van der Waals surface area (Å²) < 4.78 is 0. The third-order valence-electron chi connectivity index (χ3n) is 4.27. The van der Waals surface area contributed by atoms with Gasteiger partial charge in [-0.05, 0) is 32.1 Å². The van der Waals surface area contributed by atoms with Gasteiger partial charge in [-0.2, -0.15) is 0 Å². The van der Waals surface area contributed by atoms with Crippen LogP contribution in [0, 0.1) is 0 Å². The molecule has 0 aliphatic heterocycles. The summed E-state index contributed by atoms with van der Waals surface area (Å²) in [6.07, 6.45) is 21.2. The van der Waals surface area contributed by atoms with Gasteiger partial charge in [-0.1, -0.05) is 83.3 Å². The number of aliphatic hydroxyl groups excluding tert-OH is 1. The van der Waals surface area contributed by atoms with Gasteiger partial charge in [0.2, 0.25) is 0 Å². The van der Waals surface area contributed by atoms with Crippen molar-refractivity contribution in [3.05, 3.63) is 12.2 Å². The molecular weight excluding hydrogens is 288 g/mol. The highest BCUT2D eigenvalue weighted by atomic mass is 16.4. The van der Waals surface area contributed by atoms with Crippen molar-refractivity contribution in [2.75, 3.05) is 0 Å². The molecule has 0 aliphatic carbocycles. The zero-order valence-electron chi connectivity index (χ0n) is 15.1. The number of carboxylic acid groups (broad SMARTS) is 1. The molecule has 0 aromatic carbocycles. The lowest BCUT2D eigenvalue weighted by Crippen LogP contribution is -2.18. The van der Waals surface area contributed by atoms with Gasteiger partial charge in [0, 0.05) is 0 Å². The van der Waals surface area contributed by atoms with Crippen molar-refractivity contribution >= 4 is 5.97 Å². The van der Waals surface area contributed by atoms with E-state index >= 15 is 0 Å². The number of carbonyl (C=O) groups is 1. The first-order valence-electron chi connectivity index (χ1n) is 9.74. The molecule has 0 aromatic rings. The first kappa shape index (κ1) is 22.2. The Morgan fingerprint density at radius 1 is 0.783 bits per heavy atom. The van der Waals surface area contributed by atoms with Crippen molar-refractivity contribution in [2.24, 2.45) is 0 Å². The van der Waals surface area contributed by atoms with E-state index in [4.69, 9.17) is 10.2 Å². The van der Waals surface area contributed by atoms with E-state index in [2.05, 4.69) is 19.1 Å². The normalized spacial score (nSPS) is 12.8. The van der Waals surface area contributed by atoms with E-state index in [0.29, 0.717) is 6.42 Å². The Kier molecular flexibility index (Phi) is 16.9. The Hall–Kier alpha value is -0.830. The van der Waals surface area contributed by atoms with Crippen LogP contribution in [0.2, 0.25) is 0 Å². The summed E-state index contributed by atoms with van der Waals surface area (Å²) in [5.41, 5.74) is 0. The number of carboxylic acids is 1. The molecule has 0 radical (unpaired) electrons. The van der Waals surface area contributed by atoms with Crippen molar-refractivity contribution in [3.8, 4) is 0 Å². The summed E-state index contributed by atoms with van der Waals surface area (Å²) in [4.78, 5) is 10.4. The summed E-state index contributed by atoms with van der Waals surface area (Å²) in [6.45, 7) is 2.26. The minimum Gasteiger partial charge on any atom is -0.479 e. The lowest BCUT2D eigenvalue weighted by molar-refractivity contribution is -0.146. The van der Waals surface area contributed by atoms with Gasteiger partial charge < -0.3 is 10.2 Å². The van der Waals surface area contributed by atoms with E-state index < -0.39 is 12.1 Å². The van der Waals surface area contributed by atoms with E-state index in [1.54, 1.807) is 0 Å². The molecule has 1 unspecified atom stereocenters. The van der Waals surface area contributed by atoms with E-state index in [9.17, 15) is 4.79 Å². The lowest BCUT2D eigenvalue weighted by atomic mass is 10.1. The maximum Gasteiger partial charge on any atom is 0.332 e.